The summed E-state index contributed by atoms with van der Waals surface area (Å²) in [6.45, 7) is 4.71. The maximum atomic E-state index is 12.9. The predicted molar refractivity (Wildman–Crippen MR) is 104 cm³/mol. The Morgan fingerprint density at radius 3 is 2.39 bits per heavy atom. The molecule has 0 bridgehead atoms. The number of hydrogen-bond acceptors (Lipinski definition) is 4. The van der Waals surface area contributed by atoms with Crippen molar-refractivity contribution in [1.82, 2.24) is 10.2 Å². The van der Waals surface area contributed by atoms with E-state index in [1.165, 1.54) is 24.1 Å². The van der Waals surface area contributed by atoms with E-state index in [0.717, 1.165) is 5.56 Å². The third kappa shape index (κ3) is 5.70. The van der Waals surface area contributed by atoms with Gasteiger partial charge < -0.3 is 19.7 Å². The van der Waals surface area contributed by atoms with Gasteiger partial charge in [-0.1, -0.05) is 12.1 Å². The second kappa shape index (κ2) is 10.3. The number of rotatable bonds is 9. The van der Waals surface area contributed by atoms with Crippen LogP contribution in [0.1, 0.15) is 29.8 Å². The maximum absolute atomic E-state index is 12.9. The number of ether oxygens (including phenoxy) is 2. The van der Waals surface area contributed by atoms with Crippen molar-refractivity contribution in [2.75, 3.05) is 26.8 Å². The van der Waals surface area contributed by atoms with Crippen LogP contribution in [0.15, 0.2) is 42.5 Å². The van der Waals surface area contributed by atoms with Crippen molar-refractivity contribution in [3.05, 3.63) is 59.4 Å². The first-order valence-electron chi connectivity index (χ1n) is 9.09. The molecule has 0 saturated heterocycles. The van der Waals surface area contributed by atoms with Gasteiger partial charge in [-0.05, 0) is 49.7 Å². The topological polar surface area (TPSA) is 67.9 Å². The minimum absolute atomic E-state index is 0.0773. The van der Waals surface area contributed by atoms with Crippen molar-refractivity contribution in [2.24, 2.45) is 0 Å². The lowest BCUT2D eigenvalue weighted by atomic mass is 10.1. The minimum atomic E-state index is -0.330. The molecule has 0 aromatic heterocycles. The molecule has 28 heavy (non-hydrogen) atoms. The van der Waals surface area contributed by atoms with Crippen LogP contribution in [0.5, 0.6) is 11.5 Å². The van der Waals surface area contributed by atoms with Gasteiger partial charge in [0.15, 0.2) is 11.5 Å². The molecule has 0 fully saturated rings. The maximum Gasteiger partial charge on any atom is 0.254 e. The quantitative estimate of drug-likeness (QED) is 0.717. The van der Waals surface area contributed by atoms with Crippen LogP contribution in [0, 0.1) is 5.82 Å². The van der Waals surface area contributed by atoms with E-state index >= 15 is 0 Å². The summed E-state index contributed by atoms with van der Waals surface area (Å²) in [5.41, 5.74) is 1.19. The summed E-state index contributed by atoms with van der Waals surface area (Å²) in [4.78, 5) is 26.4. The van der Waals surface area contributed by atoms with Gasteiger partial charge >= 0.3 is 0 Å². The average molecular weight is 388 g/mol. The SMILES string of the molecule is CCOc1ccc(C(=O)N(CC)CC(=O)NCc2ccc(F)cc2)cc1OC. The van der Waals surface area contributed by atoms with E-state index in [4.69, 9.17) is 9.47 Å². The van der Waals surface area contributed by atoms with Gasteiger partial charge in [0.25, 0.3) is 5.91 Å². The van der Waals surface area contributed by atoms with Crippen LogP contribution in [0.25, 0.3) is 0 Å². The molecule has 150 valence electrons. The molecule has 7 heteroatoms. The second-order valence-corrected chi connectivity index (χ2v) is 6.02. The summed E-state index contributed by atoms with van der Waals surface area (Å²) in [5, 5.41) is 2.74. The fourth-order valence-corrected chi connectivity index (χ4v) is 2.62. The molecule has 0 unspecified atom stereocenters. The molecule has 2 aromatic carbocycles. The highest BCUT2D eigenvalue weighted by Gasteiger charge is 2.19. The minimum Gasteiger partial charge on any atom is -0.493 e. The molecule has 0 saturated carbocycles. The van der Waals surface area contributed by atoms with Crippen LogP contribution >= 0.6 is 0 Å². The zero-order valence-electron chi connectivity index (χ0n) is 16.3. The van der Waals surface area contributed by atoms with E-state index < -0.39 is 0 Å². The van der Waals surface area contributed by atoms with E-state index in [0.29, 0.717) is 30.2 Å². The van der Waals surface area contributed by atoms with Crippen LogP contribution in [0.4, 0.5) is 4.39 Å². The molecular formula is C21H25FN2O4. The fraction of sp³-hybridized carbons (Fsp3) is 0.333. The number of nitrogens with zero attached hydrogens (tertiary/aromatic N) is 1. The van der Waals surface area contributed by atoms with Crippen molar-refractivity contribution >= 4 is 11.8 Å². The van der Waals surface area contributed by atoms with E-state index in [-0.39, 0.29) is 30.7 Å². The number of carbonyl (C=O) groups excluding carboxylic acids is 2. The van der Waals surface area contributed by atoms with E-state index in [1.807, 2.05) is 6.92 Å². The highest BCUT2D eigenvalue weighted by Crippen LogP contribution is 2.28. The molecule has 6 nitrogen and oxygen atoms in total. The summed E-state index contributed by atoms with van der Waals surface area (Å²) in [7, 11) is 1.51. The Morgan fingerprint density at radius 2 is 1.79 bits per heavy atom. The van der Waals surface area contributed by atoms with Gasteiger partial charge in [0, 0.05) is 18.7 Å². The Labute approximate surface area is 164 Å². The first-order chi connectivity index (χ1) is 13.5. The van der Waals surface area contributed by atoms with Crippen molar-refractivity contribution in [1.29, 1.82) is 0 Å². The molecule has 2 amide bonds. The van der Waals surface area contributed by atoms with Gasteiger partial charge in [0.2, 0.25) is 5.91 Å². The lowest BCUT2D eigenvalue weighted by Crippen LogP contribution is -2.40. The van der Waals surface area contributed by atoms with Crippen LogP contribution in [-0.2, 0) is 11.3 Å². The van der Waals surface area contributed by atoms with Crippen molar-refractivity contribution in [3.63, 3.8) is 0 Å². The molecule has 0 radical (unpaired) electrons. The van der Waals surface area contributed by atoms with Gasteiger partial charge in [0.1, 0.15) is 5.82 Å². The standard InChI is InChI=1S/C21H25FN2O4/c1-4-24(14-20(25)23-13-15-6-9-17(22)10-7-15)21(26)16-8-11-18(28-5-2)19(12-16)27-3/h6-12H,4-5,13-14H2,1-3H3,(H,23,25). The number of amides is 2. The number of likely N-dealkylation sites (N-methyl/N-ethyl adjacent to an activating group) is 1. The van der Waals surface area contributed by atoms with Gasteiger partial charge in [0.05, 0.1) is 20.3 Å². The molecule has 0 spiro atoms. The third-order valence-corrected chi connectivity index (χ3v) is 4.12. The van der Waals surface area contributed by atoms with Crippen LogP contribution in [0.2, 0.25) is 0 Å². The lowest BCUT2D eigenvalue weighted by molar-refractivity contribution is -0.121. The lowest BCUT2D eigenvalue weighted by Gasteiger charge is -2.21. The third-order valence-electron chi connectivity index (χ3n) is 4.12. The predicted octanol–water partition coefficient (Wildman–Crippen LogP) is 3.01. The van der Waals surface area contributed by atoms with Gasteiger partial charge in [-0.25, -0.2) is 4.39 Å². The molecule has 2 aromatic rings. The Kier molecular flexibility index (Phi) is 7.80. The summed E-state index contributed by atoms with van der Waals surface area (Å²) in [5.74, 6) is 0.118. The number of nitrogens with one attached hydrogen (secondary N) is 1. The second-order valence-electron chi connectivity index (χ2n) is 6.02. The van der Waals surface area contributed by atoms with Crippen molar-refractivity contribution in [3.8, 4) is 11.5 Å². The van der Waals surface area contributed by atoms with E-state index in [9.17, 15) is 14.0 Å². The Balaban J connectivity index is 2.00. The van der Waals surface area contributed by atoms with Crippen LogP contribution in [0.3, 0.4) is 0 Å². The summed E-state index contributed by atoms with van der Waals surface area (Å²) in [6.07, 6.45) is 0. The first kappa shape index (κ1) is 21.2. The highest BCUT2D eigenvalue weighted by atomic mass is 19.1. The van der Waals surface area contributed by atoms with Gasteiger partial charge in [-0.3, -0.25) is 9.59 Å². The number of methoxy groups -OCH3 is 1. The summed E-state index contributed by atoms with van der Waals surface area (Å²) in [6, 6.07) is 10.8. The molecule has 0 atom stereocenters. The number of hydrogen-bond donors (Lipinski definition) is 1. The molecule has 0 heterocycles. The number of halogens is 1. The zero-order valence-corrected chi connectivity index (χ0v) is 16.3. The molecule has 1 N–H and O–H groups in total. The Hall–Kier alpha value is -3.09. The largest absolute Gasteiger partial charge is 0.493 e. The molecular weight excluding hydrogens is 363 g/mol. The zero-order chi connectivity index (χ0) is 20.5. The van der Waals surface area contributed by atoms with Crippen molar-refractivity contribution < 1.29 is 23.5 Å². The molecule has 2 rings (SSSR count). The highest BCUT2D eigenvalue weighted by molar-refractivity contribution is 5.97. The molecule has 0 aliphatic carbocycles. The monoisotopic (exact) mass is 388 g/mol. The molecule has 0 aliphatic heterocycles. The fourth-order valence-electron chi connectivity index (χ4n) is 2.62. The van der Waals surface area contributed by atoms with E-state index in [1.54, 1.807) is 37.3 Å². The first-order valence-corrected chi connectivity index (χ1v) is 9.09. The van der Waals surface area contributed by atoms with Gasteiger partial charge in [-0.15, -0.1) is 0 Å². The summed E-state index contributed by atoms with van der Waals surface area (Å²) >= 11 is 0. The van der Waals surface area contributed by atoms with Gasteiger partial charge in [-0.2, -0.15) is 0 Å². The smallest absolute Gasteiger partial charge is 0.254 e. The number of benzene rings is 2. The van der Waals surface area contributed by atoms with Crippen LogP contribution in [-0.4, -0.2) is 43.5 Å². The van der Waals surface area contributed by atoms with Crippen LogP contribution < -0.4 is 14.8 Å². The summed E-state index contributed by atoms with van der Waals surface area (Å²) < 4.78 is 23.7. The van der Waals surface area contributed by atoms with Crippen molar-refractivity contribution in [2.45, 2.75) is 20.4 Å². The van der Waals surface area contributed by atoms with E-state index in [2.05, 4.69) is 5.32 Å². The normalized spacial score (nSPS) is 10.3. The number of carbonyl (C=O) groups is 2. The Bertz CT molecular complexity index is 809. The average Bonchev–Trinajstić information content (AvgIpc) is 2.71. The molecule has 0 aliphatic rings. The Morgan fingerprint density at radius 1 is 1.07 bits per heavy atom.